The first kappa shape index (κ1) is 11.9. The Hall–Kier alpha value is -1.13. The summed E-state index contributed by atoms with van der Waals surface area (Å²) in [5, 5.41) is 2.62. The van der Waals surface area contributed by atoms with Crippen molar-refractivity contribution in [1.29, 1.82) is 0 Å². The molecule has 0 spiro atoms. The molecule has 15 heavy (non-hydrogen) atoms. The van der Waals surface area contributed by atoms with Crippen molar-refractivity contribution in [2.75, 3.05) is 6.54 Å². The maximum absolute atomic E-state index is 13.0. The molecule has 1 rings (SSSR count). The van der Waals surface area contributed by atoms with Crippen LogP contribution < -0.4 is 11.1 Å². The van der Waals surface area contributed by atoms with Gasteiger partial charge in [0.2, 0.25) is 0 Å². The van der Waals surface area contributed by atoms with E-state index >= 15 is 0 Å². The predicted octanol–water partition coefficient (Wildman–Crippen LogP) is 1.56. The van der Waals surface area contributed by atoms with Crippen LogP contribution in [0.15, 0.2) is 18.2 Å². The smallest absolute Gasteiger partial charge is 0.251 e. The largest absolute Gasteiger partial charge is 0.348 e. The highest BCUT2D eigenvalue weighted by Gasteiger charge is 2.10. The molecule has 0 saturated heterocycles. The molecule has 3 N–H and O–H groups in total. The van der Waals surface area contributed by atoms with Gasteiger partial charge in [-0.15, -0.1) is 0 Å². The summed E-state index contributed by atoms with van der Waals surface area (Å²) in [4.78, 5) is 11.5. The third-order valence-corrected chi connectivity index (χ3v) is 2.22. The monoisotopic (exact) mass is 230 g/mol. The molecule has 0 aliphatic heterocycles. The third kappa shape index (κ3) is 3.18. The van der Waals surface area contributed by atoms with E-state index in [9.17, 15) is 9.18 Å². The number of carbonyl (C=O) groups excluding carboxylic acids is 1. The zero-order valence-corrected chi connectivity index (χ0v) is 9.01. The van der Waals surface area contributed by atoms with E-state index in [1.54, 1.807) is 6.92 Å². The van der Waals surface area contributed by atoms with E-state index in [2.05, 4.69) is 5.32 Å². The van der Waals surface area contributed by atoms with Crippen LogP contribution in [0.1, 0.15) is 17.3 Å². The standard InChI is InChI=1S/C10H12ClFN2O/c1-6(5-13)14-10(15)7-2-3-8(11)9(12)4-7/h2-4,6H,5,13H2,1H3,(H,14,15)/t6-/m1/s1. The van der Waals surface area contributed by atoms with E-state index < -0.39 is 5.82 Å². The molecule has 0 bridgehead atoms. The highest BCUT2D eigenvalue weighted by Crippen LogP contribution is 2.15. The van der Waals surface area contributed by atoms with Gasteiger partial charge >= 0.3 is 0 Å². The van der Waals surface area contributed by atoms with Crippen molar-refractivity contribution in [3.8, 4) is 0 Å². The van der Waals surface area contributed by atoms with Gasteiger partial charge in [-0.2, -0.15) is 0 Å². The lowest BCUT2D eigenvalue weighted by molar-refractivity contribution is 0.0941. The molecule has 1 amide bonds. The van der Waals surface area contributed by atoms with E-state index in [1.165, 1.54) is 12.1 Å². The SMILES string of the molecule is C[C@H](CN)NC(=O)c1ccc(Cl)c(F)c1. The van der Waals surface area contributed by atoms with Crippen molar-refractivity contribution < 1.29 is 9.18 Å². The molecule has 1 aromatic carbocycles. The molecular weight excluding hydrogens is 219 g/mol. The summed E-state index contributed by atoms with van der Waals surface area (Å²) in [6, 6.07) is 3.76. The van der Waals surface area contributed by atoms with E-state index in [0.29, 0.717) is 6.54 Å². The number of nitrogens with one attached hydrogen (secondary N) is 1. The first-order valence-electron chi connectivity index (χ1n) is 4.50. The van der Waals surface area contributed by atoms with Gasteiger partial charge in [0.15, 0.2) is 0 Å². The molecule has 1 atom stereocenters. The molecule has 0 saturated carbocycles. The molecule has 3 nitrogen and oxygen atoms in total. The lowest BCUT2D eigenvalue weighted by atomic mass is 10.2. The number of halogens is 2. The fourth-order valence-corrected chi connectivity index (χ4v) is 1.12. The molecule has 0 fully saturated rings. The fourth-order valence-electron chi connectivity index (χ4n) is 1.00. The molecule has 82 valence electrons. The summed E-state index contributed by atoms with van der Waals surface area (Å²) in [5.74, 6) is -0.965. The summed E-state index contributed by atoms with van der Waals surface area (Å²) in [6.07, 6.45) is 0. The van der Waals surface area contributed by atoms with Crippen molar-refractivity contribution in [1.82, 2.24) is 5.32 Å². The molecule has 0 heterocycles. The molecule has 0 aromatic heterocycles. The van der Waals surface area contributed by atoms with Crippen LogP contribution in [0.4, 0.5) is 4.39 Å². The number of hydrogen-bond acceptors (Lipinski definition) is 2. The van der Waals surface area contributed by atoms with E-state index in [4.69, 9.17) is 17.3 Å². The summed E-state index contributed by atoms with van der Waals surface area (Å²) in [7, 11) is 0. The number of benzene rings is 1. The van der Waals surface area contributed by atoms with Crippen LogP contribution in [0, 0.1) is 5.82 Å². The molecule has 0 radical (unpaired) electrons. The number of rotatable bonds is 3. The number of nitrogens with two attached hydrogens (primary N) is 1. The van der Waals surface area contributed by atoms with Crippen LogP contribution in [0.5, 0.6) is 0 Å². The van der Waals surface area contributed by atoms with Crippen molar-refractivity contribution in [3.63, 3.8) is 0 Å². The van der Waals surface area contributed by atoms with Crippen LogP contribution in [-0.2, 0) is 0 Å². The second-order valence-corrected chi connectivity index (χ2v) is 3.65. The molecule has 1 aromatic rings. The topological polar surface area (TPSA) is 55.1 Å². The quantitative estimate of drug-likeness (QED) is 0.828. The highest BCUT2D eigenvalue weighted by atomic mass is 35.5. The second kappa shape index (κ2) is 5.09. The highest BCUT2D eigenvalue weighted by molar-refractivity contribution is 6.30. The van der Waals surface area contributed by atoms with Gasteiger partial charge in [-0.05, 0) is 25.1 Å². The van der Waals surface area contributed by atoms with Crippen molar-refractivity contribution >= 4 is 17.5 Å². The van der Waals surface area contributed by atoms with Crippen molar-refractivity contribution in [2.24, 2.45) is 5.73 Å². The van der Waals surface area contributed by atoms with Gasteiger partial charge in [0.25, 0.3) is 5.91 Å². The minimum Gasteiger partial charge on any atom is -0.348 e. The zero-order chi connectivity index (χ0) is 11.4. The van der Waals surface area contributed by atoms with Crippen molar-refractivity contribution in [3.05, 3.63) is 34.6 Å². The average Bonchev–Trinajstić information content (AvgIpc) is 2.21. The van der Waals surface area contributed by atoms with Crippen molar-refractivity contribution in [2.45, 2.75) is 13.0 Å². The normalized spacial score (nSPS) is 12.3. The Kier molecular flexibility index (Phi) is 4.05. The van der Waals surface area contributed by atoms with Crippen LogP contribution in [0.3, 0.4) is 0 Å². The zero-order valence-electron chi connectivity index (χ0n) is 8.26. The number of carbonyl (C=O) groups is 1. The van der Waals surface area contributed by atoms with E-state index in [0.717, 1.165) is 6.07 Å². The lowest BCUT2D eigenvalue weighted by Crippen LogP contribution is -2.37. The van der Waals surface area contributed by atoms with Gasteiger partial charge in [-0.1, -0.05) is 11.6 Å². The minimum absolute atomic E-state index is 0.00146. The van der Waals surface area contributed by atoms with Gasteiger partial charge < -0.3 is 11.1 Å². The van der Waals surface area contributed by atoms with Gasteiger partial charge in [0, 0.05) is 18.2 Å². The Balaban J connectivity index is 2.78. The van der Waals surface area contributed by atoms with Crippen LogP contribution in [0.25, 0.3) is 0 Å². The minimum atomic E-state index is -0.607. The molecule has 0 aliphatic carbocycles. The Bertz CT molecular complexity index is 370. The predicted molar refractivity (Wildman–Crippen MR) is 57.4 cm³/mol. The van der Waals surface area contributed by atoms with Crippen LogP contribution >= 0.6 is 11.6 Å². The Morgan fingerprint density at radius 3 is 2.87 bits per heavy atom. The lowest BCUT2D eigenvalue weighted by Gasteiger charge is -2.11. The maximum atomic E-state index is 13.0. The van der Waals surface area contributed by atoms with Crippen LogP contribution in [-0.4, -0.2) is 18.5 Å². The molecule has 5 heteroatoms. The Morgan fingerprint density at radius 2 is 2.33 bits per heavy atom. The summed E-state index contributed by atoms with van der Waals surface area (Å²) < 4.78 is 13.0. The summed E-state index contributed by atoms with van der Waals surface area (Å²) in [6.45, 7) is 2.10. The first-order chi connectivity index (χ1) is 7.04. The van der Waals surface area contributed by atoms with Crippen LogP contribution in [0.2, 0.25) is 5.02 Å². The first-order valence-corrected chi connectivity index (χ1v) is 4.88. The average molecular weight is 231 g/mol. The number of amides is 1. The van der Waals surface area contributed by atoms with Gasteiger partial charge in [-0.3, -0.25) is 4.79 Å². The Morgan fingerprint density at radius 1 is 1.67 bits per heavy atom. The van der Waals surface area contributed by atoms with Gasteiger partial charge in [-0.25, -0.2) is 4.39 Å². The van der Waals surface area contributed by atoms with Gasteiger partial charge in [0.1, 0.15) is 5.82 Å². The second-order valence-electron chi connectivity index (χ2n) is 3.24. The third-order valence-electron chi connectivity index (χ3n) is 1.91. The maximum Gasteiger partial charge on any atom is 0.251 e. The summed E-state index contributed by atoms with van der Waals surface area (Å²) in [5.41, 5.74) is 5.58. The molecular formula is C10H12ClFN2O. The Labute approximate surface area is 92.4 Å². The summed E-state index contributed by atoms with van der Waals surface area (Å²) >= 11 is 5.49. The van der Waals surface area contributed by atoms with E-state index in [-0.39, 0.29) is 22.5 Å². The molecule has 0 unspecified atom stereocenters. The van der Waals surface area contributed by atoms with E-state index in [1.807, 2.05) is 0 Å². The van der Waals surface area contributed by atoms with Gasteiger partial charge in [0.05, 0.1) is 5.02 Å². The number of hydrogen-bond donors (Lipinski definition) is 2. The molecule has 0 aliphatic rings. The fraction of sp³-hybridized carbons (Fsp3) is 0.300.